The van der Waals surface area contributed by atoms with Crippen LogP contribution >= 0.6 is 23.2 Å². The van der Waals surface area contributed by atoms with Crippen LogP contribution in [0.1, 0.15) is 17.3 Å². The molecule has 0 atom stereocenters. The molecule has 15 heavy (non-hydrogen) atoms. The highest BCUT2D eigenvalue weighted by atomic mass is 35.5. The molecule has 6 heteroatoms. The zero-order valence-corrected chi connectivity index (χ0v) is 9.07. The van der Waals surface area contributed by atoms with Gasteiger partial charge in [0.05, 0.1) is 15.6 Å². The Morgan fingerprint density at radius 3 is 2.33 bits per heavy atom. The van der Waals surface area contributed by atoms with Gasteiger partial charge in [-0.3, -0.25) is 4.79 Å². The molecule has 0 spiro atoms. The highest BCUT2D eigenvalue weighted by Crippen LogP contribution is 2.35. The van der Waals surface area contributed by atoms with Crippen molar-refractivity contribution in [2.24, 2.45) is 0 Å². The molecule has 0 unspecified atom stereocenters. The molecule has 0 heterocycles. The van der Waals surface area contributed by atoms with E-state index in [2.05, 4.69) is 4.74 Å². The van der Waals surface area contributed by atoms with Crippen LogP contribution in [-0.4, -0.2) is 12.4 Å². The van der Waals surface area contributed by atoms with E-state index in [-0.39, 0.29) is 21.4 Å². The number of ether oxygens (including phenoxy) is 1. The van der Waals surface area contributed by atoms with E-state index in [1.807, 2.05) is 0 Å². The molecular formula is C9H6Cl2F2O2. The number of carbonyl (C=O) groups is 1. The summed E-state index contributed by atoms with van der Waals surface area (Å²) in [6, 6.07) is 2.63. The van der Waals surface area contributed by atoms with Crippen LogP contribution in [0.3, 0.4) is 0 Å². The second kappa shape index (κ2) is 4.77. The van der Waals surface area contributed by atoms with Crippen LogP contribution in [0.4, 0.5) is 8.78 Å². The van der Waals surface area contributed by atoms with Crippen molar-refractivity contribution >= 4 is 29.0 Å². The van der Waals surface area contributed by atoms with Gasteiger partial charge in [-0.05, 0) is 19.1 Å². The van der Waals surface area contributed by atoms with Gasteiger partial charge in [-0.1, -0.05) is 23.2 Å². The molecule has 0 saturated carbocycles. The van der Waals surface area contributed by atoms with Crippen molar-refractivity contribution in [1.82, 2.24) is 0 Å². The van der Waals surface area contributed by atoms with Crippen LogP contribution in [0, 0.1) is 0 Å². The van der Waals surface area contributed by atoms with Gasteiger partial charge in [-0.2, -0.15) is 8.78 Å². The molecule has 0 aliphatic rings. The van der Waals surface area contributed by atoms with E-state index in [1.165, 1.54) is 19.1 Å². The standard InChI is InChI=1S/C9H6Cl2F2O2/c1-4(14)7-5(10)2-3-6(11)8(7)15-9(12)13/h2-3,9H,1H3. The summed E-state index contributed by atoms with van der Waals surface area (Å²) in [5.41, 5.74) is -0.135. The summed E-state index contributed by atoms with van der Waals surface area (Å²) >= 11 is 11.3. The van der Waals surface area contributed by atoms with Gasteiger partial charge in [0, 0.05) is 0 Å². The van der Waals surface area contributed by atoms with Crippen LogP contribution in [-0.2, 0) is 0 Å². The first-order valence-corrected chi connectivity index (χ1v) is 4.62. The molecule has 0 amide bonds. The van der Waals surface area contributed by atoms with Crippen molar-refractivity contribution in [3.63, 3.8) is 0 Å². The van der Waals surface area contributed by atoms with Crippen molar-refractivity contribution < 1.29 is 18.3 Å². The van der Waals surface area contributed by atoms with Gasteiger partial charge >= 0.3 is 6.61 Å². The predicted molar refractivity (Wildman–Crippen MR) is 53.1 cm³/mol. The number of hydrogen-bond acceptors (Lipinski definition) is 2. The topological polar surface area (TPSA) is 26.3 Å². The van der Waals surface area contributed by atoms with E-state index in [1.54, 1.807) is 0 Å². The predicted octanol–water partition coefficient (Wildman–Crippen LogP) is 3.80. The lowest BCUT2D eigenvalue weighted by Gasteiger charge is -2.11. The van der Waals surface area contributed by atoms with Crippen LogP contribution in [0.25, 0.3) is 0 Å². The van der Waals surface area contributed by atoms with E-state index >= 15 is 0 Å². The molecule has 0 aliphatic carbocycles. The van der Waals surface area contributed by atoms with E-state index in [0.717, 1.165) is 0 Å². The first kappa shape index (κ1) is 12.2. The molecule has 0 N–H and O–H groups in total. The third-order valence-corrected chi connectivity index (χ3v) is 2.23. The Hall–Kier alpha value is -0.870. The van der Waals surface area contributed by atoms with Gasteiger partial charge in [-0.15, -0.1) is 0 Å². The summed E-state index contributed by atoms with van der Waals surface area (Å²) in [5.74, 6) is -0.871. The zero-order chi connectivity index (χ0) is 11.6. The fourth-order valence-corrected chi connectivity index (χ4v) is 1.55. The Kier molecular flexibility index (Phi) is 3.88. The summed E-state index contributed by atoms with van der Waals surface area (Å²) < 4.78 is 28.2. The average molecular weight is 255 g/mol. The van der Waals surface area contributed by atoms with Gasteiger partial charge in [0.1, 0.15) is 0 Å². The molecule has 0 bridgehead atoms. The number of halogens is 4. The maximum Gasteiger partial charge on any atom is 0.387 e. The molecular weight excluding hydrogens is 249 g/mol. The number of hydrogen-bond donors (Lipinski definition) is 0. The fourth-order valence-electron chi connectivity index (χ4n) is 1.07. The van der Waals surface area contributed by atoms with Crippen LogP contribution in [0.15, 0.2) is 12.1 Å². The third kappa shape index (κ3) is 2.79. The first-order valence-electron chi connectivity index (χ1n) is 3.87. The number of carbonyl (C=O) groups excluding carboxylic acids is 1. The number of Topliss-reactive ketones (excluding diaryl/α,β-unsaturated/α-hetero) is 1. The van der Waals surface area contributed by atoms with Crippen LogP contribution in [0.5, 0.6) is 5.75 Å². The molecule has 1 rings (SSSR count). The van der Waals surface area contributed by atoms with Gasteiger partial charge in [0.15, 0.2) is 11.5 Å². The van der Waals surface area contributed by atoms with Gasteiger partial charge < -0.3 is 4.74 Å². The Morgan fingerprint density at radius 1 is 1.33 bits per heavy atom. The SMILES string of the molecule is CC(=O)c1c(Cl)ccc(Cl)c1OC(F)F. The Labute approximate surface area is 94.7 Å². The number of alkyl halides is 2. The lowest BCUT2D eigenvalue weighted by molar-refractivity contribution is -0.0500. The minimum atomic E-state index is -3.06. The minimum absolute atomic E-state index is 0.0301. The van der Waals surface area contributed by atoms with E-state index in [4.69, 9.17) is 23.2 Å². The average Bonchev–Trinajstić information content (AvgIpc) is 2.10. The van der Waals surface area contributed by atoms with Crippen molar-refractivity contribution in [3.05, 3.63) is 27.7 Å². The molecule has 0 aromatic heterocycles. The van der Waals surface area contributed by atoms with Gasteiger partial charge in [0.2, 0.25) is 0 Å². The number of rotatable bonds is 3. The highest BCUT2D eigenvalue weighted by molar-refractivity contribution is 6.37. The first-order chi connectivity index (χ1) is 6.93. The smallest absolute Gasteiger partial charge is 0.387 e. The number of ketones is 1. The highest BCUT2D eigenvalue weighted by Gasteiger charge is 2.19. The molecule has 2 nitrogen and oxygen atoms in total. The normalized spacial score (nSPS) is 10.5. The fraction of sp³-hybridized carbons (Fsp3) is 0.222. The molecule has 0 aliphatic heterocycles. The van der Waals surface area contributed by atoms with Crippen molar-refractivity contribution in [3.8, 4) is 5.75 Å². The third-order valence-electron chi connectivity index (χ3n) is 1.62. The largest absolute Gasteiger partial charge is 0.432 e. The Morgan fingerprint density at radius 2 is 1.87 bits per heavy atom. The van der Waals surface area contributed by atoms with E-state index in [9.17, 15) is 13.6 Å². The quantitative estimate of drug-likeness (QED) is 0.768. The minimum Gasteiger partial charge on any atom is -0.432 e. The van der Waals surface area contributed by atoms with Gasteiger partial charge in [-0.25, -0.2) is 0 Å². The Bertz CT molecular complexity index is 394. The van der Waals surface area contributed by atoms with Crippen molar-refractivity contribution in [2.45, 2.75) is 13.5 Å². The summed E-state index contributed by atoms with van der Waals surface area (Å²) in [7, 11) is 0. The van der Waals surface area contributed by atoms with Gasteiger partial charge in [0.25, 0.3) is 0 Å². The molecule has 82 valence electrons. The monoisotopic (exact) mass is 254 g/mol. The summed E-state index contributed by atoms with van der Waals surface area (Å²) in [6.45, 7) is -1.87. The van der Waals surface area contributed by atoms with Crippen LogP contribution < -0.4 is 4.74 Å². The summed E-state index contributed by atoms with van der Waals surface area (Å²) in [6.07, 6.45) is 0. The van der Waals surface area contributed by atoms with Crippen LogP contribution in [0.2, 0.25) is 10.0 Å². The molecule has 1 aromatic carbocycles. The van der Waals surface area contributed by atoms with E-state index < -0.39 is 12.4 Å². The summed E-state index contributed by atoms with van der Waals surface area (Å²) in [4.78, 5) is 11.2. The molecule has 1 aromatic rings. The van der Waals surface area contributed by atoms with Crippen molar-refractivity contribution in [2.75, 3.05) is 0 Å². The lowest BCUT2D eigenvalue weighted by atomic mass is 10.1. The molecule has 0 radical (unpaired) electrons. The lowest BCUT2D eigenvalue weighted by Crippen LogP contribution is -2.07. The number of benzene rings is 1. The van der Waals surface area contributed by atoms with Crippen molar-refractivity contribution in [1.29, 1.82) is 0 Å². The molecule has 0 fully saturated rings. The Balaban J connectivity index is 3.31. The summed E-state index contributed by atoms with van der Waals surface area (Å²) in [5, 5.41) is -0.0487. The molecule has 0 saturated heterocycles. The maximum absolute atomic E-state index is 12.0. The van der Waals surface area contributed by atoms with E-state index in [0.29, 0.717) is 0 Å². The second-order valence-corrected chi connectivity index (χ2v) is 3.48. The second-order valence-electron chi connectivity index (χ2n) is 2.67. The zero-order valence-electron chi connectivity index (χ0n) is 7.56. The maximum atomic E-state index is 12.0.